The van der Waals surface area contributed by atoms with E-state index in [9.17, 15) is 28.8 Å². The van der Waals surface area contributed by atoms with Crippen LogP contribution in [-0.4, -0.2) is 144 Å². The molecular formula is C60H67FN12O7. The summed E-state index contributed by atoms with van der Waals surface area (Å²) < 4.78 is 17.1. The first kappa shape index (κ1) is 51.8. The van der Waals surface area contributed by atoms with Crippen molar-refractivity contribution in [1.29, 1.82) is 0 Å². The number of carbonyl (C=O) groups excluding carboxylic acids is 7. The van der Waals surface area contributed by atoms with E-state index in [0.29, 0.717) is 99.9 Å². The van der Waals surface area contributed by atoms with Gasteiger partial charge in [-0.25, -0.2) is 14.4 Å². The van der Waals surface area contributed by atoms with Crippen LogP contribution >= 0.6 is 0 Å². The van der Waals surface area contributed by atoms with Gasteiger partial charge in [0.15, 0.2) is 11.6 Å². The number of piperidine rings is 3. The molecule has 8 aliphatic rings. The molecule has 9 heterocycles. The third-order valence-electron chi connectivity index (χ3n) is 18.9. The quantitative estimate of drug-likeness (QED) is 0.113. The molecule has 6 fully saturated rings. The number of fused-ring (bicyclic) bond motifs is 4. The maximum Gasteiger partial charge on any atom is 0.264 e. The molecule has 5 aromatic rings. The minimum absolute atomic E-state index is 0.0290. The summed E-state index contributed by atoms with van der Waals surface area (Å²) in [6.45, 7) is 8.03. The molecule has 3 N–H and O–H groups in total. The van der Waals surface area contributed by atoms with Gasteiger partial charge in [-0.15, -0.1) is 0 Å². The molecule has 7 amide bonds. The van der Waals surface area contributed by atoms with Gasteiger partial charge in [0.25, 0.3) is 11.8 Å². The lowest BCUT2D eigenvalue weighted by Crippen LogP contribution is -2.58. The van der Waals surface area contributed by atoms with Crippen LogP contribution in [0.15, 0.2) is 67.3 Å². The molecule has 13 rings (SSSR count). The number of benzene rings is 2. The molecule has 2 aliphatic carbocycles. The first-order valence-electron chi connectivity index (χ1n) is 28.9. The molecule has 1 spiro atoms. The summed E-state index contributed by atoms with van der Waals surface area (Å²) in [4.78, 5) is 119. The summed E-state index contributed by atoms with van der Waals surface area (Å²) in [7, 11) is 0. The molecular weight excluding hydrogens is 1020 g/mol. The number of hydrogen-bond donors (Lipinski definition) is 3. The zero-order chi connectivity index (χ0) is 55.1. The Labute approximate surface area is 463 Å². The number of rotatable bonds is 11. The second-order valence-corrected chi connectivity index (χ2v) is 23.8. The molecule has 19 nitrogen and oxygen atoms in total. The first-order valence-corrected chi connectivity index (χ1v) is 28.9. The van der Waals surface area contributed by atoms with Crippen LogP contribution in [0.1, 0.15) is 136 Å². The fraction of sp³-hybridized carbons (Fsp3) is 0.500. The average molecular weight is 1090 g/mol. The molecule has 2 aromatic carbocycles. The summed E-state index contributed by atoms with van der Waals surface area (Å²) in [6, 6.07) is 14.2. The molecule has 4 saturated heterocycles. The molecule has 2 saturated carbocycles. The normalized spacial score (nSPS) is 25.8. The van der Waals surface area contributed by atoms with Crippen molar-refractivity contribution in [3.63, 3.8) is 0 Å². The Morgan fingerprint density at radius 3 is 2.31 bits per heavy atom. The highest BCUT2D eigenvalue weighted by Gasteiger charge is 2.56. The van der Waals surface area contributed by atoms with Crippen molar-refractivity contribution >= 4 is 75.3 Å². The molecule has 6 aliphatic heterocycles. The van der Waals surface area contributed by atoms with E-state index in [1.807, 2.05) is 26.5 Å². The van der Waals surface area contributed by atoms with Crippen molar-refractivity contribution in [2.24, 2.45) is 11.8 Å². The Morgan fingerprint density at radius 1 is 0.787 bits per heavy atom. The van der Waals surface area contributed by atoms with Gasteiger partial charge in [0.1, 0.15) is 11.6 Å². The number of imidazole rings is 1. The number of halogens is 1. The van der Waals surface area contributed by atoms with Crippen molar-refractivity contribution < 1.29 is 38.0 Å². The number of aromatic nitrogens is 4. The Morgan fingerprint density at radius 2 is 1.56 bits per heavy atom. The van der Waals surface area contributed by atoms with Gasteiger partial charge < -0.3 is 34.8 Å². The van der Waals surface area contributed by atoms with Crippen molar-refractivity contribution in [3.05, 3.63) is 89.8 Å². The highest BCUT2D eigenvalue weighted by molar-refractivity contribution is 6.25. The highest BCUT2D eigenvalue weighted by Crippen LogP contribution is 2.53. The number of imide groups is 2. The number of nitrogens with zero attached hydrogens (tertiary/aromatic N) is 9. The lowest BCUT2D eigenvalue weighted by atomic mass is 9.73. The summed E-state index contributed by atoms with van der Waals surface area (Å²) in [5.41, 5.74) is 5.16. The predicted octanol–water partition coefficient (Wildman–Crippen LogP) is 7.10. The van der Waals surface area contributed by atoms with Crippen LogP contribution in [0, 0.1) is 17.7 Å². The number of anilines is 4. The minimum Gasteiger partial charge on any atom is -0.382 e. The van der Waals surface area contributed by atoms with E-state index in [2.05, 4.69) is 56.7 Å². The minimum atomic E-state index is -1.05. The van der Waals surface area contributed by atoms with E-state index in [0.717, 1.165) is 53.2 Å². The van der Waals surface area contributed by atoms with Crippen LogP contribution < -0.4 is 20.9 Å². The van der Waals surface area contributed by atoms with Gasteiger partial charge in [0.2, 0.25) is 29.5 Å². The molecule has 0 radical (unpaired) electrons. The van der Waals surface area contributed by atoms with Crippen LogP contribution in [0.25, 0.3) is 22.3 Å². The van der Waals surface area contributed by atoms with Crippen LogP contribution in [-0.2, 0) is 29.4 Å². The predicted molar refractivity (Wildman–Crippen MR) is 295 cm³/mol. The molecule has 3 aromatic heterocycles. The maximum atomic E-state index is 15.3. The summed E-state index contributed by atoms with van der Waals surface area (Å²) in [6.07, 6.45) is 14.2. The number of likely N-dealkylation sites (tertiary alicyclic amines) is 3. The highest BCUT2D eigenvalue weighted by atomic mass is 19.1. The van der Waals surface area contributed by atoms with Crippen molar-refractivity contribution in [2.75, 3.05) is 54.8 Å². The van der Waals surface area contributed by atoms with E-state index in [1.165, 1.54) is 31.7 Å². The van der Waals surface area contributed by atoms with E-state index in [1.54, 1.807) is 30.6 Å². The average Bonchev–Trinajstić information content (AvgIpc) is 4.43. The molecule has 80 heavy (non-hydrogen) atoms. The van der Waals surface area contributed by atoms with Gasteiger partial charge in [-0.2, -0.15) is 0 Å². The standard InChI is InChI=1S/C60H67FN12O7/c1-34(2)71-33-63-47-30-46(66-53(52(47)71)65-44-17-21-62-31-43(44)61)36-11-14-42-49(27-36)72(40-28-39(29-40)68-22-4-3-5-23-68)59(80)60(42)19-25-69(26-20-60)56(77)37-18-24-70(32-37)55(76)35-9-12-38(13-10-35)64-45-8-6-7-41-51(45)58(79)73(57(41)78)48-15-16-50(74)67-54(48)75/h6-8,11,14,17,21,27,30-31,33-35,37-40,48,64H,3-5,9-10,12-13,15-16,18-20,22-26,28-29,32H2,1-2H3,(H,62,65,66)(H,67,74,75)/t35?,37-,38?,39?,40?,48?/m1/s1. The van der Waals surface area contributed by atoms with Gasteiger partial charge in [0.05, 0.1) is 51.9 Å². The number of pyridine rings is 2. The largest absolute Gasteiger partial charge is 0.382 e. The second-order valence-electron chi connectivity index (χ2n) is 23.8. The molecule has 0 bridgehead atoms. The monoisotopic (exact) mass is 1090 g/mol. The van der Waals surface area contributed by atoms with Crippen LogP contribution in [0.5, 0.6) is 0 Å². The lowest BCUT2D eigenvalue weighted by molar-refractivity contribution is -0.140. The summed E-state index contributed by atoms with van der Waals surface area (Å²) in [5.74, 6) is -2.60. The number of hydrogen-bond acceptors (Lipinski definition) is 13. The van der Waals surface area contributed by atoms with Gasteiger partial charge >= 0.3 is 0 Å². The maximum absolute atomic E-state index is 15.3. The van der Waals surface area contributed by atoms with Crippen LogP contribution in [0.4, 0.5) is 27.3 Å². The number of amides is 7. The Balaban J connectivity index is 0.675. The van der Waals surface area contributed by atoms with Crippen molar-refractivity contribution in [3.8, 4) is 11.3 Å². The second kappa shape index (κ2) is 20.5. The van der Waals surface area contributed by atoms with Crippen molar-refractivity contribution in [1.82, 2.24) is 44.4 Å². The fourth-order valence-electron chi connectivity index (χ4n) is 14.4. The van der Waals surface area contributed by atoms with Crippen LogP contribution in [0.3, 0.4) is 0 Å². The molecule has 2 atom stereocenters. The van der Waals surface area contributed by atoms with E-state index in [-0.39, 0.29) is 77.3 Å². The molecule has 1 unspecified atom stereocenters. The summed E-state index contributed by atoms with van der Waals surface area (Å²) in [5, 5.41) is 8.95. The molecule has 416 valence electrons. The van der Waals surface area contributed by atoms with E-state index >= 15 is 9.18 Å². The third kappa shape index (κ3) is 8.88. The SMILES string of the molecule is CC(C)n1cnc2cc(-c3ccc4c(c3)N(C3CC(N5CCCCC5)C3)C(=O)C43CCN(C(=O)[C@@H]4CCN(C(=O)C5CCC(Nc6cccc7c6C(=O)N(C6CCC(=O)NC6=O)C7=O)CC5)C4)CC3)nc(Nc3ccncc3F)c21. The van der Waals surface area contributed by atoms with Gasteiger partial charge in [0, 0.05) is 85.8 Å². The van der Waals surface area contributed by atoms with Crippen LogP contribution in [0.2, 0.25) is 0 Å². The van der Waals surface area contributed by atoms with E-state index in [4.69, 9.17) is 9.97 Å². The van der Waals surface area contributed by atoms with Crippen molar-refractivity contribution in [2.45, 2.75) is 139 Å². The Kier molecular flexibility index (Phi) is 13.3. The zero-order valence-corrected chi connectivity index (χ0v) is 45.3. The first-order chi connectivity index (χ1) is 38.7. The van der Waals surface area contributed by atoms with Gasteiger partial charge in [-0.05, 0) is 140 Å². The van der Waals surface area contributed by atoms with Gasteiger partial charge in [-0.1, -0.05) is 24.6 Å². The van der Waals surface area contributed by atoms with E-state index < -0.39 is 40.9 Å². The number of carbonyl (C=O) groups is 7. The Hall–Kier alpha value is -7.61. The fourth-order valence-corrected chi connectivity index (χ4v) is 14.4. The Bertz CT molecular complexity index is 3370. The number of nitrogens with one attached hydrogen (secondary N) is 3. The zero-order valence-electron chi connectivity index (χ0n) is 45.3. The lowest BCUT2D eigenvalue weighted by Gasteiger charge is -2.48. The topological polar surface area (TPSA) is 215 Å². The smallest absolute Gasteiger partial charge is 0.264 e. The van der Waals surface area contributed by atoms with Gasteiger partial charge in [-0.3, -0.25) is 48.8 Å². The summed E-state index contributed by atoms with van der Waals surface area (Å²) >= 11 is 0. The molecule has 20 heteroatoms. The third-order valence-corrected chi connectivity index (χ3v) is 18.9.